The normalized spacial score (nSPS) is 16.1. The van der Waals surface area contributed by atoms with Gasteiger partial charge < -0.3 is 25.2 Å². The molecule has 1 saturated heterocycles. The number of anilines is 1. The van der Waals surface area contributed by atoms with Gasteiger partial charge in [0, 0.05) is 44.3 Å². The number of hydrogen-bond acceptors (Lipinski definition) is 9. The molecule has 0 aromatic carbocycles. The molecule has 12 heteroatoms. The average Bonchev–Trinajstić information content (AvgIpc) is 3.19. The largest absolute Gasteiger partial charge is 0.381 e. The first kappa shape index (κ1) is 24.0. The molecule has 1 aliphatic rings. The second kappa shape index (κ2) is 10.9. The second-order valence-electron chi connectivity index (χ2n) is 7.86. The molecule has 34 heavy (non-hydrogen) atoms. The number of halogens is 1. The van der Waals surface area contributed by atoms with Crippen LogP contribution in [0.2, 0.25) is 5.15 Å². The van der Waals surface area contributed by atoms with E-state index in [4.69, 9.17) is 21.1 Å². The fraction of sp³-hybridized carbons (Fsp3) is 0.409. The van der Waals surface area contributed by atoms with Gasteiger partial charge in [0.1, 0.15) is 5.15 Å². The maximum atomic E-state index is 12.5. The minimum absolute atomic E-state index is 0.0992. The van der Waals surface area contributed by atoms with Crippen LogP contribution < -0.4 is 10.6 Å². The minimum Gasteiger partial charge on any atom is -0.381 e. The summed E-state index contributed by atoms with van der Waals surface area (Å²) in [6.45, 7) is 3.05. The van der Waals surface area contributed by atoms with Crippen molar-refractivity contribution < 1.29 is 19.4 Å². The van der Waals surface area contributed by atoms with E-state index in [1.165, 1.54) is 10.9 Å². The zero-order valence-electron chi connectivity index (χ0n) is 18.8. The van der Waals surface area contributed by atoms with E-state index in [1.807, 2.05) is 0 Å². The minimum atomic E-state index is -1.38. The molecule has 4 heterocycles. The van der Waals surface area contributed by atoms with Crippen molar-refractivity contribution in [1.82, 2.24) is 30.3 Å². The monoisotopic (exact) mass is 487 g/mol. The summed E-state index contributed by atoms with van der Waals surface area (Å²) < 4.78 is 12.4. The molecule has 3 aromatic heterocycles. The first-order valence-electron chi connectivity index (χ1n) is 10.9. The number of amides is 1. The van der Waals surface area contributed by atoms with Crippen molar-refractivity contribution in [2.24, 2.45) is 7.05 Å². The Morgan fingerprint density at radius 2 is 2.09 bits per heavy atom. The summed E-state index contributed by atoms with van der Waals surface area (Å²) >= 11 is 6.11. The molecule has 11 nitrogen and oxygen atoms in total. The molecule has 0 bridgehead atoms. The fourth-order valence-electron chi connectivity index (χ4n) is 3.59. The number of aromatic nitrogens is 5. The smallest absolute Gasteiger partial charge is 0.253 e. The first-order valence-corrected chi connectivity index (χ1v) is 11.3. The number of rotatable bonds is 8. The third-order valence-corrected chi connectivity index (χ3v) is 5.79. The van der Waals surface area contributed by atoms with E-state index in [0.29, 0.717) is 46.7 Å². The van der Waals surface area contributed by atoms with Crippen molar-refractivity contribution in [2.45, 2.75) is 38.3 Å². The van der Waals surface area contributed by atoms with Crippen molar-refractivity contribution in [3.63, 3.8) is 0 Å². The van der Waals surface area contributed by atoms with Crippen molar-refractivity contribution in [3.8, 4) is 11.4 Å². The number of aliphatic hydroxyl groups is 1. The lowest BCUT2D eigenvalue weighted by molar-refractivity contribution is -0.114. The summed E-state index contributed by atoms with van der Waals surface area (Å²) in [4.78, 5) is 20.9. The van der Waals surface area contributed by atoms with Gasteiger partial charge in [-0.2, -0.15) is 0 Å². The van der Waals surface area contributed by atoms with Gasteiger partial charge in [-0.15, -0.1) is 5.10 Å². The number of carbonyl (C=O) groups is 1. The van der Waals surface area contributed by atoms with Crippen molar-refractivity contribution in [3.05, 3.63) is 52.9 Å². The van der Waals surface area contributed by atoms with Crippen LogP contribution in [0, 0.1) is 0 Å². The SMILES string of the molecule is C[C@@H](OC(O)Nc1c(-c2ccc(C(=O)NC3CCOCC3)cn2)nnn1C)c1cccnc1Cl. The Morgan fingerprint density at radius 1 is 1.29 bits per heavy atom. The summed E-state index contributed by atoms with van der Waals surface area (Å²) in [5.41, 5.74) is 1.96. The van der Waals surface area contributed by atoms with Gasteiger partial charge in [-0.1, -0.05) is 22.9 Å². The molecule has 0 aliphatic carbocycles. The number of nitrogens with zero attached hydrogens (tertiary/aromatic N) is 5. The standard InChI is InChI=1S/C22H26ClN7O4/c1-13(16-4-3-9-24-19(16)23)34-22(32)27-20-18(28-29-30(20)2)17-6-5-14(12-25-17)21(31)26-15-7-10-33-11-8-15/h3-6,9,12-13,15,22,27,32H,7-8,10-11H2,1-2H3,(H,26,31)/t13-,22?/m1/s1. The molecule has 4 rings (SSSR count). The summed E-state index contributed by atoms with van der Waals surface area (Å²) in [7, 11) is 1.67. The van der Waals surface area contributed by atoms with Crippen LogP contribution in [0.15, 0.2) is 36.7 Å². The van der Waals surface area contributed by atoms with Crippen LogP contribution in [-0.2, 0) is 16.5 Å². The zero-order valence-corrected chi connectivity index (χ0v) is 19.6. The van der Waals surface area contributed by atoms with Crippen molar-refractivity contribution in [1.29, 1.82) is 0 Å². The quantitative estimate of drug-likeness (QED) is 0.323. The number of ether oxygens (including phenoxy) is 2. The number of pyridine rings is 2. The molecule has 1 aliphatic heterocycles. The highest BCUT2D eigenvalue weighted by atomic mass is 35.5. The molecule has 0 saturated carbocycles. The van der Waals surface area contributed by atoms with Crippen molar-refractivity contribution >= 4 is 23.3 Å². The van der Waals surface area contributed by atoms with E-state index in [0.717, 1.165) is 12.8 Å². The van der Waals surface area contributed by atoms with Gasteiger partial charge in [0.15, 0.2) is 11.5 Å². The lowest BCUT2D eigenvalue weighted by atomic mass is 10.1. The van der Waals surface area contributed by atoms with E-state index < -0.39 is 12.5 Å². The molecule has 2 atom stereocenters. The molecule has 180 valence electrons. The number of aliphatic hydroxyl groups excluding tert-OH is 1. The van der Waals surface area contributed by atoms with Crippen LogP contribution in [-0.4, -0.2) is 61.6 Å². The molecule has 0 spiro atoms. The molecular formula is C22H26ClN7O4. The molecule has 1 unspecified atom stereocenters. The van der Waals surface area contributed by atoms with Gasteiger partial charge >= 0.3 is 0 Å². The predicted molar refractivity (Wildman–Crippen MR) is 124 cm³/mol. The molecule has 1 amide bonds. The molecule has 0 radical (unpaired) electrons. The fourth-order valence-corrected chi connectivity index (χ4v) is 3.86. The Labute approximate surface area is 201 Å². The first-order chi connectivity index (χ1) is 16.4. The lowest BCUT2D eigenvalue weighted by Gasteiger charge is -2.23. The van der Waals surface area contributed by atoms with Crippen LogP contribution in [0.3, 0.4) is 0 Å². The molecule has 3 N–H and O–H groups in total. The van der Waals surface area contributed by atoms with E-state index in [9.17, 15) is 9.90 Å². The van der Waals surface area contributed by atoms with Gasteiger partial charge in [0.25, 0.3) is 5.91 Å². The Hall–Kier alpha value is -3.12. The van der Waals surface area contributed by atoms with E-state index in [1.54, 1.807) is 44.4 Å². The van der Waals surface area contributed by atoms with Gasteiger partial charge in [0.2, 0.25) is 6.41 Å². The average molecular weight is 488 g/mol. The lowest BCUT2D eigenvalue weighted by Crippen LogP contribution is -2.38. The summed E-state index contributed by atoms with van der Waals surface area (Å²) in [6.07, 6.45) is 2.74. The van der Waals surface area contributed by atoms with E-state index in [2.05, 4.69) is 30.9 Å². The highest BCUT2D eigenvalue weighted by Gasteiger charge is 2.21. The third-order valence-electron chi connectivity index (χ3n) is 5.47. The van der Waals surface area contributed by atoms with E-state index in [-0.39, 0.29) is 11.9 Å². The predicted octanol–water partition coefficient (Wildman–Crippen LogP) is 2.30. The molecular weight excluding hydrogens is 462 g/mol. The highest BCUT2D eigenvalue weighted by molar-refractivity contribution is 6.30. The second-order valence-corrected chi connectivity index (χ2v) is 8.22. The van der Waals surface area contributed by atoms with Crippen LogP contribution in [0.25, 0.3) is 11.4 Å². The Bertz CT molecular complexity index is 1120. The Balaban J connectivity index is 1.42. The van der Waals surface area contributed by atoms with Crippen LogP contribution >= 0.6 is 11.6 Å². The Kier molecular flexibility index (Phi) is 7.68. The summed E-state index contributed by atoms with van der Waals surface area (Å²) in [5, 5.41) is 24.8. The molecule has 1 fully saturated rings. The summed E-state index contributed by atoms with van der Waals surface area (Å²) in [6, 6.07) is 6.97. The number of aryl methyl sites for hydroxylation is 1. The number of carbonyl (C=O) groups excluding carboxylic acids is 1. The molecule has 3 aromatic rings. The van der Waals surface area contributed by atoms with Gasteiger partial charge in [0.05, 0.1) is 17.4 Å². The third kappa shape index (κ3) is 5.68. The number of hydrogen-bond donors (Lipinski definition) is 3. The topological polar surface area (TPSA) is 136 Å². The Morgan fingerprint density at radius 3 is 2.79 bits per heavy atom. The van der Waals surface area contributed by atoms with Crippen LogP contribution in [0.5, 0.6) is 0 Å². The van der Waals surface area contributed by atoms with Crippen LogP contribution in [0.1, 0.15) is 41.8 Å². The maximum Gasteiger partial charge on any atom is 0.253 e. The summed E-state index contributed by atoms with van der Waals surface area (Å²) in [5.74, 6) is 0.208. The van der Waals surface area contributed by atoms with Gasteiger partial charge in [-0.25, -0.2) is 9.67 Å². The van der Waals surface area contributed by atoms with Gasteiger partial charge in [-0.3, -0.25) is 9.78 Å². The number of nitrogens with one attached hydrogen (secondary N) is 2. The van der Waals surface area contributed by atoms with E-state index >= 15 is 0 Å². The van der Waals surface area contributed by atoms with Gasteiger partial charge in [-0.05, 0) is 38.0 Å². The maximum absolute atomic E-state index is 12.5. The van der Waals surface area contributed by atoms with Crippen LogP contribution in [0.4, 0.5) is 5.82 Å². The highest BCUT2D eigenvalue weighted by Crippen LogP contribution is 2.27. The van der Waals surface area contributed by atoms with Crippen molar-refractivity contribution in [2.75, 3.05) is 18.5 Å². The zero-order chi connectivity index (χ0) is 24.1.